The number of aryl methyl sites for hydroxylation is 1. The van der Waals surface area contributed by atoms with Gasteiger partial charge in [0.25, 0.3) is 17.4 Å². The smallest absolute Gasteiger partial charge is 0.296 e. The second-order valence-corrected chi connectivity index (χ2v) is 9.42. The van der Waals surface area contributed by atoms with Gasteiger partial charge in [-0.25, -0.2) is 14.4 Å². The molecule has 0 atom stereocenters. The lowest BCUT2D eigenvalue weighted by molar-refractivity contribution is 0.0820. The molecule has 2 aliphatic carbocycles. The predicted octanol–water partition coefficient (Wildman–Crippen LogP) is 2.38. The average Bonchev–Trinajstić information content (AvgIpc) is 3.15. The molecule has 35 heavy (non-hydrogen) atoms. The van der Waals surface area contributed by atoms with Gasteiger partial charge in [-0.2, -0.15) is 0 Å². The first-order chi connectivity index (χ1) is 16.8. The van der Waals surface area contributed by atoms with E-state index in [0.717, 1.165) is 18.4 Å². The van der Waals surface area contributed by atoms with Crippen molar-refractivity contribution in [1.82, 2.24) is 25.2 Å². The maximum Gasteiger partial charge on any atom is 0.296 e. The number of allylic oxidation sites excluding steroid dienone is 3. The van der Waals surface area contributed by atoms with Crippen LogP contribution in [0.2, 0.25) is 0 Å². The van der Waals surface area contributed by atoms with Crippen LogP contribution >= 0.6 is 0 Å². The molecule has 184 valence electrons. The lowest BCUT2D eigenvalue weighted by Crippen LogP contribution is -2.50. The first-order valence-corrected chi connectivity index (χ1v) is 11.7. The molecular weight excluding hydrogens is 457 g/mol. The number of amides is 2. The maximum absolute atomic E-state index is 13.2. The van der Waals surface area contributed by atoms with Crippen molar-refractivity contribution < 1.29 is 23.5 Å². The van der Waals surface area contributed by atoms with E-state index in [1.807, 2.05) is 0 Å². The van der Waals surface area contributed by atoms with Crippen LogP contribution in [0.15, 0.2) is 39.2 Å². The van der Waals surface area contributed by atoms with E-state index in [2.05, 4.69) is 20.6 Å². The fourth-order valence-corrected chi connectivity index (χ4v) is 5.13. The van der Waals surface area contributed by atoms with Crippen molar-refractivity contribution in [3.8, 4) is 5.75 Å². The molecule has 0 saturated heterocycles. The van der Waals surface area contributed by atoms with Crippen molar-refractivity contribution in [3.05, 3.63) is 63.3 Å². The summed E-state index contributed by atoms with van der Waals surface area (Å²) in [7, 11) is 0. The summed E-state index contributed by atoms with van der Waals surface area (Å²) in [5, 5.41) is 16.3. The highest BCUT2D eigenvalue weighted by Gasteiger charge is 2.46. The molecule has 11 heteroatoms. The first kappa shape index (κ1) is 23.0. The summed E-state index contributed by atoms with van der Waals surface area (Å²) in [5.41, 5.74) is -0.863. The van der Waals surface area contributed by atoms with E-state index in [9.17, 15) is 23.9 Å². The fourth-order valence-electron chi connectivity index (χ4n) is 5.13. The molecule has 0 spiro atoms. The third-order valence-electron chi connectivity index (χ3n) is 7.15. The molecule has 3 N–H and O–H groups in total. The average molecular weight is 484 g/mol. The minimum Gasteiger partial charge on any atom is -0.501 e. The molecular formula is C24H26FN5O5. The minimum atomic E-state index is -1.00. The standard InChI is InChI=1S/C24H26FN5O5/c1-13-19(35-12-27-13)21(33)29-24-8-6-15(7-9-24)11-30-22(34)18(31)17(28-23(24)30)20(32)26-10-14-2-4-16(25)5-3-14/h2,4,12,15,31H,3,5-11H2,1H3,(H,26,32)(H,29,33). The largest absolute Gasteiger partial charge is 0.501 e. The number of hydrogen-bond donors (Lipinski definition) is 3. The Balaban J connectivity index is 1.49. The third-order valence-corrected chi connectivity index (χ3v) is 7.15. The molecule has 10 nitrogen and oxygen atoms in total. The number of carbonyl (C=O) groups is 2. The maximum atomic E-state index is 13.2. The predicted molar refractivity (Wildman–Crippen MR) is 121 cm³/mol. The highest BCUT2D eigenvalue weighted by atomic mass is 19.1. The van der Waals surface area contributed by atoms with E-state index in [1.165, 1.54) is 17.0 Å². The Labute approximate surface area is 200 Å². The van der Waals surface area contributed by atoms with Crippen LogP contribution in [0, 0.1) is 12.8 Å². The molecule has 1 saturated carbocycles. The van der Waals surface area contributed by atoms with E-state index in [0.29, 0.717) is 31.5 Å². The van der Waals surface area contributed by atoms with Crippen LogP contribution in [0.1, 0.15) is 71.1 Å². The third kappa shape index (κ3) is 4.15. The first-order valence-electron chi connectivity index (χ1n) is 11.7. The van der Waals surface area contributed by atoms with Crippen molar-refractivity contribution in [2.24, 2.45) is 5.92 Å². The number of nitrogens with zero attached hydrogens (tertiary/aromatic N) is 3. The summed E-state index contributed by atoms with van der Waals surface area (Å²) in [6.07, 6.45) is 7.43. The van der Waals surface area contributed by atoms with Crippen molar-refractivity contribution in [2.75, 3.05) is 6.54 Å². The lowest BCUT2D eigenvalue weighted by atomic mass is 9.77. The highest BCUT2D eigenvalue weighted by molar-refractivity contribution is 5.95. The Morgan fingerprint density at radius 1 is 1.26 bits per heavy atom. The van der Waals surface area contributed by atoms with Crippen LogP contribution in [0.4, 0.5) is 4.39 Å². The number of hydrogen-bond acceptors (Lipinski definition) is 7. The van der Waals surface area contributed by atoms with Gasteiger partial charge >= 0.3 is 0 Å². The summed E-state index contributed by atoms with van der Waals surface area (Å²) < 4.78 is 19.9. The van der Waals surface area contributed by atoms with Crippen LogP contribution in [-0.2, 0) is 12.1 Å². The van der Waals surface area contributed by atoms with Crippen molar-refractivity contribution >= 4 is 11.8 Å². The van der Waals surface area contributed by atoms with Crippen LogP contribution in [-0.4, -0.2) is 38.0 Å². The van der Waals surface area contributed by atoms with Crippen LogP contribution in [0.25, 0.3) is 0 Å². The van der Waals surface area contributed by atoms with Crippen molar-refractivity contribution in [1.29, 1.82) is 0 Å². The number of aromatic nitrogens is 3. The Morgan fingerprint density at radius 2 is 2.03 bits per heavy atom. The topological polar surface area (TPSA) is 139 Å². The second kappa shape index (κ2) is 8.79. The van der Waals surface area contributed by atoms with Crippen molar-refractivity contribution in [2.45, 2.75) is 57.5 Å². The van der Waals surface area contributed by atoms with Gasteiger partial charge in [0.2, 0.25) is 11.5 Å². The van der Waals surface area contributed by atoms with E-state index in [4.69, 9.17) is 4.42 Å². The Kier molecular flexibility index (Phi) is 5.78. The van der Waals surface area contributed by atoms with Gasteiger partial charge in [0, 0.05) is 19.5 Å². The molecule has 2 aliphatic heterocycles. The molecule has 4 heterocycles. The highest BCUT2D eigenvalue weighted by Crippen LogP contribution is 2.43. The summed E-state index contributed by atoms with van der Waals surface area (Å²) in [6.45, 7) is 2.14. The molecule has 1 fully saturated rings. The van der Waals surface area contributed by atoms with Gasteiger partial charge in [0.1, 0.15) is 11.7 Å². The van der Waals surface area contributed by atoms with Gasteiger partial charge in [-0.15, -0.1) is 0 Å². The lowest BCUT2D eigenvalue weighted by Gasteiger charge is -2.36. The van der Waals surface area contributed by atoms with Gasteiger partial charge in [0.05, 0.1) is 11.2 Å². The fraction of sp³-hybridized carbons (Fsp3) is 0.458. The van der Waals surface area contributed by atoms with Gasteiger partial charge in [-0.1, -0.05) is 11.6 Å². The van der Waals surface area contributed by atoms with E-state index < -0.39 is 34.4 Å². The quantitative estimate of drug-likeness (QED) is 0.593. The number of rotatable bonds is 5. The molecule has 4 aliphatic rings. The zero-order chi connectivity index (χ0) is 24.7. The monoisotopic (exact) mass is 483 g/mol. The molecule has 2 aromatic heterocycles. The summed E-state index contributed by atoms with van der Waals surface area (Å²) in [4.78, 5) is 47.6. The van der Waals surface area contributed by atoms with Gasteiger partial charge in [-0.05, 0) is 51.0 Å². The normalized spacial score (nSPS) is 23.1. The summed E-state index contributed by atoms with van der Waals surface area (Å²) in [5.74, 6) is -1.64. The second-order valence-electron chi connectivity index (χ2n) is 9.42. The zero-order valence-electron chi connectivity index (χ0n) is 19.3. The van der Waals surface area contributed by atoms with Crippen LogP contribution in [0.5, 0.6) is 5.75 Å². The Hall–Kier alpha value is -3.76. The SMILES string of the molecule is Cc1ncoc1C(=O)NC12CCC(CC1)Cn1c2nc(C(=O)NCC2=CC=C(F)CC2)c(O)c1=O. The van der Waals surface area contributed by atoms with E-state index in [1.54, 1.807) is 13.0 Å². The molecule has 0 radical (unpaired) electrons. The van der Waals surface area contributed by atoms with Gasteiger partial charge in [0.15, 0.2) is 12.1 Å². The molecule has 0 aromatic carbocycles. The van der Waals surface area contributed by atoms with Gasteiger partial charge in [-0.3, -0.25) is 19.0 Å². The van der Waals surface area contributed by atoms with Crippen LogP contribution in [0.3, 0.4) is 0 Å². The molecule has 6 rings (SSSR count). The van der Waals surface area contributed by atoms with Gasteiger partial charge < -0.3 is 20.2 Å². The number of oxazole rings is 1. The zero-order valence-corrected chi connectivity index (χ0v) is 19.3. The van der Waals surface area contributed by atoms with E-state index >= 15 is 0 Å². The number of fused-ring (bicyclic) bond motifs is 2. The minimum absolute atomic E-state index is 0.0719. The molecule has 2 bridgehead atoms. The number of aromatic hydroxyl groups is 1. The number of nitrogens with one attached hydrogen (secondary N) is 2. The Morgan fingerprint density at radius 3 is 2.69 bits per heavy atom. The molecule has 2 amide bonds. The summed E-state index contributed by atoms with van der Waals surface area (Å²) in [6, 6.07) is 0. The van der Waals surface area contributed by atoms with E-state index in [-0.39, 0.29) is 36.3 Å². The van der Waals surface area contributed by atoms with Crippen LogP contribution < -0.4 is 16.2 Å². The number of carbonyl (C=O) groups excluding carboxylic acids is 2. The molecule has 0 unspecified atom stereocenters. The molecule has 2 aromatic rings. The Bertz CT molecular complexity index is 1320. The number of halogens is 1. The van der Waals surface area contributed by atoms with Crippen molar-refractivity contribution in [3.63, 3.8) is 0 Å². The summed E-state index contributed by atoms with van der Waals surface area (Å²) >= 11 is 0.